The number of aromatic nitrogens is 2. The number of rotatable bonds is 17. The van der Waals surface area contributed by atoms with Gasteiger partial charge in [0.25, 0.3) is 19.9 Å². The first-order valence-electron chi connectivity index (χ1n) is 22.7. The Morgan fingerprint density at radius 2 is 1.52 bits per heavy atom. The van der Waals surface area contributed by atoms with E-state index in [1.165, 1.54) is 29.2 Å². The van der Waals surface area contributed by atoms with Crippen LogP contribution in [0.3, 0.4) is 0 Å². The van der Waals surface area contributed by atoms with Crippen molar-refractivity contribution < 1.29 is 30.0 Å². The number of sulfone groups is 1. The summed E-state index contributed by atoms with van der Waals surface area (Å²) in [4.78, 5) is 17.4. The molecule has 1 unspecified atom stereocenters. The lowest BCUT2D eigenvalue weighted by Crippen LogP contribution is -2.47. The van der Waals surface area contributed by atoms with Crippen LogP contribution >= 0.6 is 23.4 Å². The maximum Gasteiger partial charge on any atom is 0.501 e. The number of nitrogens with one attached hydrogen (secondary N) is 2. The van der Waals surface area contributed by atoms with E-state index in [2.05, 4.69) is 64.7 Å². The zero-order valence-electron chi connectivity index (χ0n) is 37.3. The third-order valence-electron chi connectivity index (χ3n) is 13.0. The lowest BCUT2D eigenvalue weighted by atomic mass is 9.96. The number of halogens is 4. The van der Waals surface area contributed by atoms with Crippen LogP contribution in [0.5, 0.6) is 0 Å². The van der Waals surface area contributed by atoms with E-state index < -0.39 is 41.2 Å². The average Bonchev–Trinajstić information content (AvgIpc) is 3.33. The summed E-state index contributed by atoms with van der Waals surface area (Å²) in [5.74, 6) is 0.432. The molecule has 4 aromatic carbocycles. The lowest BCUT2D eigenvalue weighted by molar-refractivity contribution is -0.0435. The van der Waals surface area contributed by atoms with Gasteiger partial charge in [-0.05, 0) is 104 Å². The molecule has 0 amide bonds. The number of fused-ring (bicyclic) bond motifs is 1. The fourth-order valence-electron chi connectivity index (χ4n) is 9.15. The van der Waals surface area contributed by atoms with Crippen LogP contribution in [0.1, 0.15) is 43.0 Å². The van der Waals surface area contributed by atoms with Gasteiger partial charge < -0.3 is 15.1 Å². The van der Waals surface area contributed by atoms with Gasteiger partial charge in [-0.3, -0.25) is 14.5 Å². The molecule has 4 heterocycles. The second kappa shape index (κ2) is 21.6. The van der Waals surface area contributed by atoms with E-state index in [0.29, 0.717) is 66.6 Å². The van der Waals surface area contributed by atoms with Crippen LogP contribution < -0.4 is 10.0 Å². The van der Waals surface area contributed by atoms with Gasteiger partial charge in [0.2, 0.25) is 0 Å². The Labute approximate surface area is 401 Å². The highest BCUT2D eigenvalue weighted by Gasteiger charge is 2.48. The third-order valence-corrected chi connectivity index (χ3v) is 17.3. The topological polar surface area (TPSA) is 131 Å². The molecule has 358 valence electrons. The van der Waals surface area contributed by atoms with Crippen molar-refractivity contribution in [3.8, 4) is 11.1 Å². The number of hydrogen-bond acceptors (Lipinski definition) is 12. The van der Waals surface area contributed by atoms with Crippen LogP contribution in [0.4, 0.5) is 24.7 Å². The average molecular weight is 998 g/mol. The van der Waals surface area contributed by atoms with Crippen LogP contribution in [0.25, 0.3) is 11.1 Å². The minimum Gasteiger partial charge on any atom is -0.380 e. The highest BCUT2D eigenvalue weighted by atomic mass is 35.5. The number of anilines is 2. The number of thioether (sulfide) groups is 1. The van der Waals surface area contributed by atoms with E-state index >= 15 is 0 Å². The van der Waals surface area contributed by atoms with Crippen LogP contribution in [-0.4, -0.2) is 129 Å². The number of sulfonamides is 1. The van der Waals surface area contributed by atoms with Crippen molar-refractivity contribution in [3.05, 3.63) is 125 Å². The lowest BCUT2D eigenvalue weighted by Gasteiger charge is -2.40. The van der Waals surface area contributed by atoms with Crippen LogP contribution in [0.15, 0.2) is 118 Å². The van der Waals surface area contributed by atoms with E-state index in [4.69, 9.17) is 11.6 Å². The Morgan fingerprint density at radius 3 is 2.24 bits per heavy atom. The van der Waals surface area contributed by atoms with Crippen molar-refractivity contribution >= 4 is 54.7 Å². The molecule has 0 radical (unpaired) electrons. The molecule has 0 bridgehead atoms. The largest absolute Gasteiger partial charge is 0.501 e. The normalized spacial score (nSPS) is 17.8. The fraction of sp³-hybridized carbons (Fsp3) is 0.417. The zero-order valence-corrected chi connectivity index (χ0v) is 40.5. The number of piperazine rings is 1. The monoisotopic (exact) mass is 996 g/mol. The number of nitrogens with zero attached hydrogens (tertiary/aromatic N) is 6. The summed E-state index contributed by atoms with van der Waals surface area (Å²) in [6.45, 7) is 10.9. The Balaban J connectivity index is 0.950. The van der Waals surface area contributed by atoms with Gasteiger partial charge in [-0.25, -0.2) is 26.8 Å². The number of piperidine rings is 1. The Kier molecular flexibility index (Phi) is 15.8. The summed E-state index contributed by atoms with van der Waals surface area (Å²) in [5.41, 5.74) is -1.21. The van der Waals surface area contributed by atoms with Crippen LogP contribution in [-0.2, 0) is 39.4 Å². The van der Waals surface area contributed by atoms with Gasteiger partial charge >= 0.3 is 5.51 Å². The maximum absolute atomic E-state index is 14.4. The van der Waals surface area contributed by atoms with Crippen LogP contribution in [0, 0.1) is 0 Å². The highest BCUT2D eigenvalue weighted by Crippen LogP contribution is 2.38. The molecule has 19 heteroatoms. The van der Waals surface area contributed by atoms with Crippen molar-refractivity contribution in [1.29, 1.82) is 0 Å². The number of alkyl halides is 3. The van der Waals surface area contributed by atoms with Crippen molar-refractivity contribution in [2.24, 2.45) is 0 Å². The third kappa shape index (κ3) is 12.1. The molecule has 3 aliphatic heterocycles. The molecule has 0 saturated carbocycles. The molecule has 0 spiro atoms. The number of likely N-dealkylation sites (tertiary alicyclic amines) is 1. The van der Waals surface area contributed by atoms with Crippen molar-refractivity contribution in [2.45, 2.75) is 78.0 Å². The summed E-state index contributed by atoms with van der Waals surface area (Å²) in [5, 5.41) is 3.79. The van der Waals surface area contributed by atoms with Gasteiger partial charge in [0.15, 0.2) is 0 Å². The highest BCUT2D eigenvalue weighted by molar-refractivity contribution is 7.99. The van der Waals surface area contributed by atoms with Crippen molar-refractivity contribution in [1.82, 2.24) is 29.6 Å². The minimum absolute atomic E-state index is 0.0130. The summed E-state index contributed by atoms with van der Waals surface area (Å²) in [6.07, 6.45) is 4.11. The molecule has 1 atom stereocenters. The van der Waals surface area contributed by atoms with Gasteiger partial charge in [0.1, 0.15) is 17.0 Å². The molecule has 2 fully saturated rings. The van der Waals surface area contributed by atoms with Gasteiger partial charge in [0.05, 0.1) is 16.3 Å². The van der Waals surface area contributed by atoms with Gasteiger partial charge in [-0.15, -0.1) is 11.8 Å². The fourth-order valence-corrected chi connectivity index (χ4v) is 12.4. The Morgan fingerprint density at radius 1 is 0.821 bits per heavy atom. The zero-order chi connectivity index (χ0) is 47.2. The molecule has 12 nitrogen and oxygen atoms in total. The first-order chi connectivity index (χ1) is 32.2. The number of benzene rings is 4. The van der Waals surface area contributed by atoms with Gasteiger partial charge in [-0.2, -0.15) is 13.2 Å². The molecule has 0 aliphatic carbocycles. The summed E-state index contributed by atoms with van der Waals surface area (Å²) in [6, 6.07) is 28.5. The first-order valence-corrected chi connectivity index (χ1v) is 27.0. The van der Waals surface area contributed by atoms with E-state index in [1.54, 1.807) is 0 Å². The summed E-state index contributed by atoms with van der Waals surface area (Å²) >= 11 is 7.65. The number of likely N-dealkylation sites (N-methyl/N-ethyl adjacent to an activating group) is 1. The van der Waals surface area contributed by atoms with Crippen LogP contribution in [0.2, 0.25) is 5.02 Å². The molecule has 2 N–H and O–H groups in total. The van der Waals surface area contributed by atoms with Gasteiger partial charge in [0, 0.05) is 85.7 Å². The smallest absolute Gasteiger partial charge is 0.380 e. The van der Waals surface area contributed by atoms with E-state index in [0.717, 1.165) is 87.8 Å². The Bertz CT molecular complexity index is 2690. The standard InChI is InChI=1S/C48H56ClF3N8O4S3/c1-2-57-26-28-58(29-27-57)22-18-38(33-65-40-9-4-3-5-10-40)55-44-17-16-41(30-46(44)66(61,62)48(50,51)52)67(63,64)56-47-43-21-25-60(32-45(43)53-34-54-47)39-19-23-59(24-20-39)31-36-8-6-7-11-42(36)35-12-14-37(49)15-13-35/h3-17,30,34,38-39,55H,2,18-29,31-33H2,1H3,(H,53,54,56). The second-order valence-electron chi connectivity index (χ2n) is 17.3. The van der Waals surface area contributed by atoms with E-state index in [-0.39, 0.29) is 11.5 Å². The molecular weight excluding hydrogens is 941 g/mol. The number of hydrogen-bond donors (Lipinski definition) is 2. The molecule has 5 aromatic rings. The molecule has 1 aromatic heterocycles. The molecule has 2 saturated heterocycles. The van der Waals surface area contributed by atoms with Crippen molar-refractivity contribution in [3.63, 3.8) is 0 Å². The Hall–Kier alpha value is -4.27. The second-order valence-corrected chi connectivity index (χ2v) is 22.4. The van der Waals surface area contributed by atoms with Crippen molar-refractivity contribution in [2.75, 3.05) is 74.7 Å². The molecular formula is C48H56ClF3N8O4S3. The molecule has 8 rings (SSSR count). The summed E-state index contributed by atoms with van der Waals surface area (Å²) in [7, 11) is -10.6. The maximum atomic E-state index is 14.4. The quantitative estimate of drug-likeness (QED) is 0.0867. The summed E-state index contributed by atoms with van der Waals surface area (Å²) < 4.78 is 100. The predicted molar refractivity (Wildman–Crippen MR) is 260 cm³/mol. The minimum atomic E-state index is -6.00. The SMILES string of the molecule is CCN1CCN(CCC(CSc2ccccc2)Nc2ccc(S(=O)(=O)Nc3ncnc4c3CCN(C3CCN(Cc5ccccc5-c5ccc(Cl)cc5)CC3)C4)cc2S(=O)(=O)C(F)(F)F)CC1. The first kappa shape index (κ1) is 49.2. The van der Waals surface area contributed by atoms with E-state index in [9.17, 15) is 30.0 Å². The predicted octanol–water partition coefficient (Wildman–Crippen LogP) is 8.51. The van der Waals surface area contributed by atoms with Gasteiger partial charge in [-0.1, -0.05) is 73.1 Å². The molecule has 3 aliphatic rings. The molecule has 67 heavy (non-hydrogen) atoms. The van der Waals surface area contributed by atoms with E-state index in [1.807, 2.05) is 60.7 Å².